The van der Waals surface area contributed by atoms with Gasteiger partial charge in [0, 0.05) is 36.1 Å². The molecule has 1 aliphatic rings. The maximum atomic E-state index is 2.43. The van der Waals surface area contributed by atoms with Crippen molar-refractivity contribution >= 4 is 0 Å². The zero-order valence-electron chi connectivity index (χ0n) is 25.8. The van der Waals surface area contributed by atoms with Gasteiger partial charge in [0.2, 0.25) is 0 Å². The summed E-state index contributed by atoms with van der Waals surface area (Å²) in [6.07, 6.45) is 48.0. The second-order valence-corrected chi connectivity index (χ2v) is 12.2. The lowest BCUT2D eigenvalue weighted by Crippen LogP contribution is -2.33. The van der Waals surface area contributed by atoms with Crippen LogP contribution in [-0.2, 0) is 25.9 Å². The van der Waals surface area contributed by atoms with Crippen molar-refractivity contribution in [3.05, 3.63) is 84.5 Å². The highest BCUT2D eigenvalue weighted by Crippen LogP contribution is 2.12. The number of pyridine rings is 2. The molecule has 0 radical (unpaired) electrons. The lowest BCUT2D eigenvalue weighted by atomic mass is 10.1. The molecule has 0 amide bonds. The monoisotopic (exact) mass is 544 g/mol. The summed E-state index contributed by atoms with van der Waals surface area (Å²) in [6.45, 7) is 2.33. The quantitative estimate of drug-likeness (QED) is 0.230. The molecule has 1 aliphatic heterocycles. The Morgan fingerprint density at radius 1 is 0.375 bits per heavy atom. The van der Waals surface area contributed by atoms with Gasteiger partial charge in [0.25, 0.3) is 0 Å². The smallest absolute Gasteiger partial charge is 0.171 e. The van der Waals surface area contributed by atoms with E-state index in [4.69, 9.17) is 0 Å². The van der Waals surface area contributed by atoms with Crippen LogP contribution in [0.15, 0.2) is 73.4 Å². The Morgan fingerprint density at radius 2 is 0.725 bits per heavy atom. The fraction of sp³-hybridized carbons (Fsp3) is 0.632. The Bertz CT molecular complexity index is 800. The first-order chi connectivity index (χ1) is 19.9. The molecule has 4 bridgehead atoms. The van der Waals surface area contributed by atoms with E-state index in [1.807, 2.05) is 0 Å². The Morgan fingerprint density at radius 3 is 1.12 bits per heavy atom. The number of nitrogens with zero attached hydrogens (tertiary/aromatic N) is 2. The van der Waals surface area contributed by atoms with Gasteiger partial charge >= 0.3 is 0 Å². The van der Waals surface area contributed by atoms with Crippen LogP contribution >= 0.6 is 0 Å². The van der Waals surface area contributed by atoms with Crippen molar-refractivity contribution in [2.75, 3.05) is 0 Å². The van der Waals surface area contributed by atoms with E-state index in [0.29, 0.717) is 0 Å². The van der Waals surface area contributed by atoms with Gasteiger partial charge in [-0.3, -0.25) is 0 Å². The molecular formula is C38H60N2+2. The van der Waals surface area contributed by atoms with Crippen LogP contribution in [0.1, 0.15) is 140 Å². The van der Waals surface area contributed by atoms with E-state index in [2.05, 4.69) is 82.5 Å². The molecule has 0 saturated carbocycles. The summed E-state index contributed by atoms with van der Waals surface area (Å²) in [5.41, 5.74) is 3.02. The molecular weight excluding hydrogens is 484 g/mol. The highest BCUT2D eigenvalue weighted by atomic mass is 14.9. The topological polar surface area (TPSA) is 7.76 Å². The van der Waals surface area contributed by atoms with Gasteiger partial charge in [-0.2, -0.15) is 0 Å². The van der Waals surface area contributed by atoms with Crippen LogP contribution in [0, 0.1) is 0 Å². The summed E-state index contributed by atoms with van der Waals surface area (Å²) in [6, 6.07) is 9.13. The Labute approximate surface area is 247 Å². The fourth-order valence-corrected chi connectivity index (χ4v) is 5.91. The highest BCUT2D eigenvalue weighted by Gasteiger charge is 2.04. The molecule has 0 aliphatic carbocycles. The average molecular weight is 545 g/mol. The van der Waals surface area contributed by atoms with Crippen LogP contribution in [0.3, 0.4) is 0 Å². The van der Waals surface area contributed by atoms with Crippen molar-refractivity contribution < 1.29 is 9.13 Å². The summed E-state index contributed by atoms with van der Waals surface area (Å²) in [4.78, 5) is 0. The molecule has 2 nitrogen and oxygen atoms in total. The molecule has 0 spiro atoms. The van der Waals surface area contributed by atoms with E-state index in [1.165, 1.54) is 165 Å². The Kier molecular flexibility index (Phi) is 18.1. The lowest BCUT2D eigenvalue weighted by molar-refractivity contribution is -0.697. The standard InChI is InChI=1S/C38H60N2/c1-3-7-11-15-19-23-31-39-33-26-30-38(36-39)28-22-18-14-10-6-2-4-8-12-16-20-24-32-40-34-25-29-37(35-40)27-21-17-13-9-5-1/h1-4,25-26,29-30,33-36H,5-24,27-28,31-32H2/q+2. The third kappa shape index (κ3) is 16.1. The number of aromatic nitrogens is 2. The molecule has 2 aromatic heterocycles. The van der Waals surface area contributed by atoms with Crippen LogP contribution < -0.4 is 9.13 Å². The third-order valence-corrected chi connectivity index (χ3v) is 8.42. The first-order valence-electron chi connectivity index (χ1n) is 17.2. The fourth-order valence-electron chi connectivity index (χ4n) is 5.91. The van der Waals surface area contributed by atoms with E-state index in [-0.39, 0.29) is 0 Å². The van der Waals surface area contributed by atoms with Gasteiger partial charge in [0.1, 0.15) is 13.1 Å². The van der Waals surface area contributed by atoms with Gasteiger partial charge in [-0.15, -0.1) is 0 Å². The van der Waals surface area contributed by atoms with Gasteiger partial charge in [0.05, 0.1) is 0 Å². The number of aryl methyl sites for hydroxylation is 4. The molecule has 220 valence electrons. The van der Waals surface area contributed by atoms with Crippen LogP contribution in [0.4, 0.5) is 0 Å². The van der Waals surface area contributed by atoms with Gasteiger partial charge in [0.15, 0.2) is 24.8 Å². The van der Waals surface area contributed by atoms with Crippen LogP contribution in [-0.4, -0.2) is 0 Å². The second kappa shape index (κ2) is 22.5. The van der Waals surface area contributed by atoms with Gasteiger partial charge in [-0.25, -0.2) is 9.13 Å². The molecule has 0 aromatic carbocycles. The lowest BCUT2D eigenvalue weighted by Gasteiger charge is -2.03. The minimum Gasteiger partial charge on any atom is -0.205 e. The number of rotatable bonds is 0. The average Bonchev–Trinajstić information content (AvgIpc) is 2.97. The van der Waals surface area contributed by atoms with Crippen molar-refractivity contribution in [1.29, 1.82) is 0 Å². The summed E-state index contributed by atoms with van der Waals surface area (Å²) < 4.78 is 4.84. The van der Waals surface area contributed by atoms with Crippen LogP contribution in [0.5, 0.6) is 0 Å². The summed E-state index contributed by atoms with van der Waals surface area (Å²) >= 11 is 0. The number of hydrogen-bond acceptors (Lipinski definition) is 0. The van der Waals surface area contributed by atoms with E-state index < -0.39 is 0 Å². The summed E-state index contributed by atoms with van der Waals surface area (Å²) in [7, 11) is 0. The largest absolute Gasteiger partial charge is 0.205 e. The second-order valence-electron chi connectivity index (χ2n) is 12.2. The van der Waals surface area contributed by atoms with Gasteiger partial charge in [-0.1, -0.05) is 62.8 Å². The Balaban J connectivity index is 1.36. The van der Waals surface area contributed by atoms with E-state index in [0.717, 1.165) is 0 Å². The zero-order chi connectivity index (χ0) is 27.8. The normalized spacial score (nSPS) is 19.4. The van der Waals surface area contributed by atoms with Crippen LogP contribution in [0.2, 0.25) is 0 Å². The molecule has 0 fully saturated rings. The maximum absolute atomic E-state index is 2.43. The zero-order valence-corrected chi connectivity index (χ0v) is 25.8. The minimum absolute atomic E-state index is 1.17. The van der Waals surface area contributed by atoms with E-state index in [1.54, 1.807) is 0 Å². The molecule has 0 saturated heterocycles. The molecule has 0 N–H and O–H groups in total. The first kappa shape index (κ1) is 32.3. The molecule has 0 atom stereocenters. The SMILES string of the molecule is C1=CCCCCCC[n+]2cccc(c2)CCCCCCC=CCCCCCC[n+]2cccc(c2)CCCCCC1. The van der Waals surface area contributed by atoms with Gasteiger partial charge < -0.3 is 0 Å². The van der Waals surface area contributed by atoms with Crippen LogP contribution in [0.25, 0.3) is 0 Å². The molecule has 0 unspecified atom stereocenters. The van der Waals surface area contributed by atoms with Gasteiger partial charge in [-0.05, 0) is 102 Å². The van der Waals surface area contributed by atoms with E-state index >= 15 is 0 Å². The minimum atomic E-state index is 1.17. The summed E-state index contributed by atoms with van der Waals surface area (Å²) in [5, 5.41) is 0. The predicted octanol–water partition coefficient (Wildman–Crippen LogP) is 9.97. The Hall–Kier alpha value is -2.22. The molecule has 2 aromatic rings. The molecule has 3 rings (SSSR count). The highest BCUT2D eigenvalue weighted by molar-refractivity contribution is 5.06. The maximum Gasteiger partial charge on any atom is 0.171 e. The summed E-state index contributed by atoms with van der Waals surface area (Å²) in [5.74, 6) is 0. The molecule has 40 heavy (non-hydrogen) atoms. The number of allylic oxidation sites excluding steroid dienone is 4. The van der Waals surface area contributed by atoms with Crippen molar-refractivity contribution in [1.82, 2.24) is 0 Å². The van der Waals surface area contributed by atoms with E-state index in [9.17, 15) is 0 Å². The third-order valence-electron chi connectivity index (χ3n) is 8.42. The predicted molar refractivity (Wildman–Crippen MR) is 171 cm³/mol. The molecule has 2 heteroatoms. The van der Waals surface area contributed by atoms with Crippen molar-refractivity contribution in [3.8, 4) is 0 Å². The van der Waals surface area contributed by atoms with Crippen molar-refractivity contribution in [3.63, 3.8) is 0 Å². The first-order valence-corrected chi connectivity index (χ1v) is 17.2. The van der Waals surface area contributed by atoms with Crippen molar-refractivity contribution in [2.24, 2.45) is 0 Å². The molecule has 3 heterocycles. The number of fused-ring (bicyclic) bond motifs is 4. The van der Waals surface area contributed by atoms with Crippen molar-refractivity contribution in [2.45, 2.75) is 154 Å². The number of hydrogen-bond donors (Lipinski definition) is 0.